The largest absolute Gasteiger partial charge is 0.481 e. The molecule has 0 aliphatic heterocycles. The zero-order chi connectivity index (χ0) is 14.8. The maximum atomic E-state index is 11.8. The number of aryl methyl sites for hydroxylation is 1. The summed E-state index contributed by atoms with van der Waals surface area (Å²) in [5.74, 6) is -0.851. The van der Waals surface area contributed by atoms with Crippen LogP contribution >= 0.6 is 11.3 Å². The predicted octanol–water partition coefficient (Wildman–Crippen LogP) is 1.89. The molecule has 0 bridgehead atoms. The Morgan fingerprint density at radius 2 is 2.35 bits per heavy atom. The molecule has 1 heterocycles. The highest BCUT2D eigenvalue weighted by Crippen LogP contribution is 2.38. The molecule has 2 unspecified atom stereocenters. The van der Waals surface area contributed by atoms with Crippen molar-refractivity contribution in [3.63, 3.8) is 0 Å². The first kappa shape index (κ1) is 14.8. The van der Waals surface area contributed by atoms with Crippen molar-refractivity contribution in [1.82, 2.24) is 15.6 Å². The number of aliphatic carboxylic acids is 1. The molecule has 1 aromatic heterocycles. The second kappa shape index (κ2) is 5.78. The van der Waals surface area contributed by atoms with Gasteiger partial charge < -0.3 is 15.7 Å². The standard InChI is InChI=1S/C13H19N3O3S/c1-8-15-9(7-20-8)6-14-12(19)16-10-4-3-5-13(10,2)11(17)18/h7,10H,3-6H2,1-2H3,(H,17,18)(H2,14,16,19). The van der Waals surface area contributed by atoms with E-state index in [1.165, 1.54) is 11.3 Å². The van der Waals surface area contributed by atoms with E-state index >= 15 is 0 Å². The van der Waals surface area contributed by atoms with Gasteiger partial charge >= 0.3 is 12.0 Å². The van der Waals surface area contributed by atoms with E-state index in [9.17, 15) is 14.7 Å². The second-order valence-corrected chi connectivity index (χ2v) is 6.41. The maximum Gasteiger partial charge on any atom is 0.315 e. The minimum Gasteiger partial charge on any atom is -0.481 e. The number of urea groups is 1. The van der Waals surface area contributed by atoms with Crippen LogP contribution in [0.3, 0.4) is 0 Å². The Kier molecular flexibility index (Phi) is 4.27. The van der Waals surface area contributed by atoms with Crippen molar-refractivity contribution in [2.45, 2.75) is 45.7 Å². The van der Waals surface area contributed by atoms with E-state index in [0.29, 0.717) is 19.4 Å². The van der Waals surface area contributed by atoms with Crippen LogP contribution < -0.4 is 10.6 Å². The quantitative estimate of drug-likeness (QED) is 0.791. The van der Waals surface area contributed by atoms with Crippen molar-refractivity contribution in [1.29, 1.82) is 0 Å². The van der Waals surface area contributed by atoms with Crippen LogP contribution in [0.25, 0.3) is 0 Å². The summed E-state index contributed by atoms with van der Waals surface area (Å²) in [6.45, 7) is 3.95. The van der Waals surface area contributed by atoms with Crippen LogP contribution in [-0.4, -0.2) is 28.1 Å². The van der Waals surface area contributed by atoms with E-state index in [0.717, 1.165) is 17.1 Å². The van der Waals surface area contributed by atoms with Gasteiger partial charge in [0.25, 0.3) is 0 Å². The van der Waals surface area contributed by atoms with E-state index in [2.05, 4.69) is 15.6 Å². The number of nitrogens with one attached hydrogen (secondary N) is 2. The molecule has 1 saturated carbocycles. The lowest BCUT2D eigenvalue weighted by molar-refractivity contribution is -0.148. The molecule has 0 saturated heterocycles. The van der Waals surface area contributed by atoms with Gasteiger partial charge in [0.15, 0.2) is 0 Å². The summed E-state index contributed by atoms with van der Waals surface area (Å²) in [5.41, 5.74) is -0.0516. The lowest BCUT2D eigenvalue weighted by Gasteiger charge is -2.27. The molecule has 6 nitrogen and oxygen atoms in total. The smallest absolute Gasteiger partial charge is 0.315 e. The molecule has 20 heavy (non-hydrogen) atoms. The SMILES string of the molecule is Cc1nc(CNC(=O)NC2CCCC2(C)C(=O)O)cs1. The monoisotopic (exact) mass is 297 g/mol. The van der Waals surface area contributed by atoms with Crippen LogP contribution in [0.5, 0.6) is 0 Å². The Labute approximate surface area is 121 Å². The molecule has 7 heteroatoms. The Hall–Kier alpha value is -1.63. The number of aromatic nitrogens is 1. The fourth-order valence-corrected chi connectivity index (χ4v) is 3.14. The van der Waals surface area contributed by atoms with Crippen molar-refractivity contribution in [3.05, 3.63) is 16.1 Å². The fraction of sp³-hybridized carbons (Fsp3) is 0.615. The lowest BCUT2D eigenvalue weighted by Crippen LogP contribution is -2.50. The number of carbonyl (C=O) groups excluding carboxylic acids is 1. The number of carboxylic acids is 1. The van der Waals surface area contributed by atoms with Gasteiger partial charge in [-0.3, -0.25) is 4.79 Å². The Bertz CT molecular complexity index is 517. The van der Waals surface area contributed by atoms with Crippen molar-refractivity contribution >= 4 is 23.3 Å². The van der Waals surface area contributed by atoms with Gasteiger partial charge in [-0.25, -0.2) is 9.78 Å². The van der Waals surface area contributed by atoms with Crippen LogP contribution in [0, 0.1) is 12.3 Å². The van der Waals surface area contributed by atoms with Crippen molar-refractivity contribution < 1.29 is 14.7 Å². The van der Waals surface area contributed by atoms with E-state index in [1.807, 2.05) is 12.3 Å². The van der Waals surface area contributed by atoms with Crippen LogP contribution in [0.2, 0.25) is 0 Å². The number of thiazole rings is 1. The summed E-state index contributed by atoms with van der Waals surface area (Å²) in [7, 11) is 0. The third kappa shape index (κ3) is 3.09. The molecule has 110 valence electrons. The molecule has 0 spiro atoms. The molecule has 1 aliphatic carbocycles. The van der Waals surface area contributed by atoms with Gasteiger partial charge in [0.2, 0.25) is 0 Å². The molecule has 3 N–H and O–H groups in total. The van der Waals surface area contributed by atoms with Crippen LogP contribution in [0.4, 0.5) is 4.79 Å². The van der Waals surface area contributed by atoms with Crippen molar-refractivity contribution in [2.75, 3.05) is 0 Å². The van der Waals surface area contributed by atoms with Gasteiger partial charge in [0, 0.05) is 11.4 Å². The van der Waals surface area contributed by atoms with Crippen LogP contribution in [0.1, 0.15) is 36.9 Å². The zero-order valence-electron chi connectivity index (χ0n) is 11.6. The number of hydrogen-bond acceptors (Lipinski definition) is 4. The summed E-state index contributed by atoms with van der Waals surface area (Å²) in [5, 5.41) is 17.6. The molecule has 2 atom stereocenters. The first-order valence-corrected chi connectivity index (χ1v) is 7.48. The van der Waals surface area contributed by atoms with Crippen LogP contribution in [-0.2, 0) is 11.3 Å². The number of carboxylic acid groups (broad SMARTS) is 1. The van der Waals surface area contributed by atoms with Gasteiger partial charge in [0.1, 0.15) is 0 Å². The minimum absolute atomic E-state index is 0.322. The lowest BCUT2D eigenvalue weighted by atomic mass is 9.85. The van der Waals surface area contributed by atoms with E-state index < -0.39 is 11.4 Å². The van der Waals surface area contributed by atoms with Gasteiger partial charge in [-0.05, 0) is 26.7 Å². The van der Waals surface area contributed by atoms with Crippen molar-refractivity contribution in [2.24, 2.45) is 5.41 Å². The third-order valence-corrected chi connectivity index (χ3v) is 4.67. The average molecular weight is 297 g/mol. The van der Waals surface area contributed by atoms with Gasteiger partial charge in [0.05, 0.1) is 22.7 Å². The fourth-order valence-electron chi connectivity index (χ4n) is 2.52. The molecule has 2 amide bonds. The zero-order valence-corrected chi connectivity index (χ0v) is 12.4. The van der Waals surface area contributed by atoms with E-state index in [4.69, 9.17) is 0 Å². The summed E-state index contributed by atoms with van der Waals surface area (Å²) < 4.78 is 0. The molecule has 0 aromatic carbocycles. The predicted molar refractivity (Wildman–Crippen MR) is 75.6 cm³/mol. The van der Waals surface area contributed by atoms with Gasteiger partial charge in [-0.1, -0.05) is 6.42 Å². The number of amides is 2. The Morgan fingerprint density at radius 1 is 1.60 bits per heavy atom. The molecular weight excluding hydrogens is 278 g/mol. The molecule has 1 aromatic rings. The number of nitrogens with zero attached hydrogens (tertiary/aromatic N) is 1. The van der Waals surface area contributed by atoms with Crippen LogP contribution in [0.15, 0.2) is 5.38 Å². The first-order chi connectivity index (χ1) is 9.41. The minimum atomic E-state index is -0.867. The Balaban J connectivity index is 1.86. The Morgan fingerprint density at radius 3 is 2.95 bits per heavy atom. The van der Waals surface area contributed by atoms with E-state index in [1.54, 1.807) is 6.92 Å². The normalized spacial score (nSPS) is 25.4. The number of hydrogen-bond donors (Lipinski definition) is 3. The molecule has 2 rings (SSSR count). The van der Waals surface area contributed by atoms with Gasteiger partial charge in [-0.15, -0.1) is 11.3 Å². The third-order valence-electron chi connectivity index (χ3n) is 3.85. The second-order valence-electron chi connectivity index (χ2n) is 5.35. The topological polar surface area (TPSA) is 91.3 Å². The average Bonchev–Trinajstić information content (AvgIpc) is 2.95. The van der Waals surface area contributed by atoms with E-state index in [-0.39, 0.29) is 12.1 Å². The molecule has 0 radical (unpaired) electrons. The highest BCUT2D eigenvalue weighted by Gasteiger charge is 2.45. The summed E-state index contributed by atoms with van der Waals surface area (Å²) in [4.78, 5) is 27.4. The highest BCUT2D eigenvalue weighted by atomic mass is 32.1. The molecule has 1 fully saturated rings. The summed E-state index contributed by atoms with van der Waals surface area (Å²) in [6, 6.07) is -0.660. The highest BCUT2D eigenvalue weighted by molar-refractivity contribution is 7.09. The molecular formula is C13H19N3O3S. The van der Waals surface area contributed by atoms with Gasteiger partial charge in [-0.2, -0.15) is 0 Å². The molecule has 1 aliphatic rings. The maximum absolute atomic E-state index is 11.8. The summed E-state index contributed by atoms with van der Waals surface area (Å²) >= 11 is 1.53. The first-order valence-electron chi connectivity index (χ1n) is 6.60. The number of rotatable bonds is 4. The van der Waals surface area contributed by atoms with Crippen molar-refractivity contribution in [3.8, 4) is 0 Å². The number of carbonyl (C=O) groups is 2. The summed E-state index contributed by atoms with van der Waals surface area (Å²) in [6.07, 6.45) is 2.11.